The van der Waals surface area contributed by atoms with Crippen LogP contribution < -0.4 is 0 Å². The van der Waals surface area contributed by atoms with Gasteiger partial charge in [-0.1, -0.05) is 19.9 Å². The molecule has 1 N–H and O–H groups in total. The number of carbonyl (C=O) groups is 1. The molecule has 1 aliphatic carbocycles. The smallest absolute Gasteiger partial charge is 0.310 e. The molecule has 0 radical (unpaired) electrons. The summed E-state index contributed by atoms with van der Waals surface area (Å²) in [4.78, 5) is 15.4. The van der Waals surface area contributed by atoms with E-state index in [0.29, 0.717) is 25.4 Å². The van der Waals surface area contributed by atoms with Gasteiger partial charge in [-0.05, 0) is 37.1 Å². The second kappa shape index (κ2) is 6.06. The lowest BCUT2D eigenvalue weighted by Gasteiger charge is -2.33. The van der Waals surface area contributed by atoms with Crippen molar-refractivity contribution in [3.05, 3.63) is 22.4 Å². The average molecular weight is 281 g/mol. The number of carboxylic acid groups (broad SMARTS) is 1. The van der Waals surface area contributed by atoms with Crippen LogP contribution in [0.3, 0.4) is 0 Å². The van der Waals surface area contributed by atoms with E-state index in [1.807, 2.05) is 13.8 Å². The number of hydrogen-bond donors (Lipinski definition) is 1. The van der Waals surface area contributed by atoms with Crippen molar-refractivity contribution < 1.29 is 9.90 Å². The summed E-state index contributed by atoms with van der Waals surface area (Å²) in [5, 5.41) is 11.7. The van der Waals surface area contributed by atoms with Crippen molar-refractivity contribution in [2.75, 3.05) is 6.54 Å². The number of thiophene rings is 1. The highest BCUT2D eigenvalue weighted by Gasteiger charge is 2.40. The van der Waals surface area contributed by atoms with Gasteiger partial charge in [-0.15, -0.1) is 11.3 Å². The van der Waals surface area contributed by atoms with Crippen molar-refractivity contribution in [1.29, 1.82) is 0 Å². The minimum absolute atomic E-state index is 0.583. The standard InChI is InChI=1S/C15H23NO2S/c1-3-15(4-2,14(17)18)11-16(12-7-8-12)10-13-6-5-9-19-13/h5-6,9,12H,3-4,7-8,10-11H2,1-2H3,(H,17,18). The topological polar surface area (TPSA) is 40.5 Å². The Bertz CT molecular complexity index is 408. The summed E-state index contributed by atoms with van der Waals surface area (Å²) in [6.07, 6.45) is 3.84. The molecule has 1 fully saturated rings. The van der Waals surface area contributed by atoms with Crippen LogP contribution in [0.1, 0.15) is 44.4 Å². The molecule has 106 valence electrons. The van der Waals surface area contributed by atoms with Crippen LogP contribution in [0.4, 0.5) is 0 Å². The number of nitrogens with zero attached hydrogens (tertiary/aromatic N) is 1. The van der Waals surface area contributed by atoms with Crippen LogP contribution >= 0.6 is 11.3 Å². The van der Waals surface area contributed by atoms with Gasteiger partial charge in [-0.2, -0.15) is 0 Å². The first-order chi connectivity index (χ1) is 9.11. The third-order valence-electron chi connectivity index (χ3n) is 4.32. The SMILES string of the molecule is CCC(CC)(CN(Cc1cccs1)C1CC1)C(=O)O. The van der Waals surface area contributed by atoms with Gasteiger partial charge < -0.3 is 5.11 Å². The van der Waals surface area contributed by atoms with E-state index in [2.05, 4.69) is 22.4 Å². The maximum absolute atomic E-state index is 11.6. The van der Waals surface area contributed by atoms with Crippen LogP contribution in [0.5, 0.6) is 0 Å². The summed E-state index contributed by atoms with van der Waals surface area (Å²) in [5.41, 5.74) is -0.583. The molecular weight excluding hydrogens is 258 g/mol. The van der Waals surface area contributed by atoms with Gasteiger partial charge in [0.15, 0.2) is 0 Å². The van der Waals surface area contributed by atoms with E-state index in [9.17, 15) is 9.90 Å². The second-order valence-electron chi connectivity index (χ2n) is 5.51. The molecule has 0 bridgehead atoms. The quantitative estimate of drug-likeness (QED) is 0.791. The highest BCUT2D eigenvalue weighted by atomic mass is 32.1. The van der Waals surface area contributed by atoms with Crippen LogP contribution in [0, 0.1) is 5.41 Å². The molecule has 1 aliphatic rings. The zero-order valence-corrected chi connectivity index (χ0v) is 12.6. The van der Waals surface area contributed by atoms with Gasteiger partial charge in [-0.25, -0.2) is 0 Å². The van der Waals surface area contributed by atoms with Crippen LogP contribution in [-0.2, 0) is 11.3 Å². The van der Waals surface area contributed by atoms with Crippen LogP contribution in [-0.4, -0.2) is 28.6 Å². The minimum atomic E-state index is -0.644. The number of hydrogen-bond acceptors (Lipinski definition) is 3. The molecule has 0 saturated heterocycles. The van der Waals surface area contributed by atoms with Crippen LogP contribution in [0.2, 0.25) is 0 Å². The lowest BCUT2D eigenvalue weighted by molar-refractivity contribution is -0.151. The first-order valence-corrected chi connectivity index (χ1v) is 7.99. The third-order valence-corrected chi connectivity index (χ3v) is 5.18. The molecule has 0 amide bonds. The summed E-state index contributed by atoms with van der Waals surface area (Å²) in [5.74, 6) is -0.644. The zero-order chi connectivity index (χ0) is 13.9. The van der Waals surface area contributed by atoms with Gasteiger partial charge in [0.1, 0.15) is 0 Å². The Hall–Kier alpha value is -0.870. The fourth-order valence-electron chi connectivity index (χ4n) is 2.59. The van der Waals surface area contributed by atoms with Gasteiger partial charge in [0, 0.05) is 24.0 Å². The van der Waals surface area contributed by atoms with E-state index >= 15 is 0 Å². The molecule has 0 unspecified atom stereocenters. The van der Waals surface area contributed by atoms with Gasteiger partial charge in [0.05, 0.1) is 5.41 Å². The van der Waals surface area contributed by atoms with E-state index < -0.39 is 11.4 Å². The van der Waals surface area contributed by atoms with Gasteiger partial charge in [0.2, 0.25) is 0 Å². The van der Waals surface area contributed by atoms with Crippen molar-refractivity contribution >= 4 is 17.3 Å². The van der Waals surface area contributed by atoms with E-state index in [-0.39, 0.29) is 0 Å². The first-order valence-electron chi connectivity index (χ1n) is 7.11. The van der Waals surface area contributed by atoms with Crippen molar-refractivity contribution in [3.8, 4) is 0 Å². The molecule has 1 heterocycles. The lowest BCUT2D eigenvalue weighted by Crippen LogP contribution is -2.43. The summed E-state index contributed by atoms with van der Waals surface area (Å²) in [6, 6.07) is 4.80. The van der Waals surface area contributed by atoms with Gasteiger partial charge >= 0.3 is 5.97 Å². The summed E-state index contributed by atoms with van der Waals surface area (Å²) in [7, 11) is 0. The third kappa shape index (κ3) is 3.37. The molecule has 1 aromatic rings. The molecule has 0 atom stereocenters. The maximum Gasteiger partial charge on any atom is 0.310 e. The minimum Gasteiger partial charge on any atom is -0.481 e. The molecule has 19 heavy (non-hydrogen) atoms. The van der Waals surface area contributed by atoms with Crippen molar-refractivity contribution in [2.24, 2.45) is 5.41 Å². The molecule has 0 aromatic carbocycles. The Balaban J connectivity index is 2.09. The van der Waals surface area contributed by atoms with E-state index in [4.69, 9.17) is 0 Å². The van der Waals surface area contributed by atoms with Crippen molar-refractivity contribution in [1.82, 2.24) is 4.90 Å². The normalized spacial score (nSPS) is 15.9. The van der Waals surface area contributed by atoms with E-state index in [0.717, 1.165) is 6.54 Å². The van der Waals surface area contributed by atoms with Crippen LogP contribution in [0.15, 0.2) is 17.5 Å². The predicted molar refractivity (Wildman–Crippen MR) is 78.4 cm³/mol. The first kappa shape index (κ1) is 14.5. The highest BCUT2D eigenvalue weighted by molar-refractivity contribution is 7.09. The number of carboxylic acids is 1. The Kier molecular flexibility index (Phi) is 4.63. The van der Waals surface area contributed by atoms with Crippen LogP contribution in [0.25, 0.3) is 0 Å². The van der Waals surface area contributed by atoms with Crippen molar-refractivity contribution in [3.63, 3.8) is 0 Å². The predicted octanol–water partition coefficient (Wildman–Crippen LogP) is 3.60. The monoisotopic (exact) mass is 281 g/mol. The molecule has 2 rings (SSSR count). The zero-order valence-electron chi connectivity index (χ0n) is 11.8. The summed E-state index contributed by atoms with van der Waals surface area (Å²) >= 11 is 1.76. The molecule has 1 aromatic heterocycles. The molecule has 1 saturated carbocycles. The second-order valence-corrected chi connectivity index (χ2v) is 6.54. The van der Waals surface area contributed by atoms with E-state index in [1.165, 1.54) is 17.7 Å². The van der Waals surface area contributed by atoms with E-state index in [1.54, 1.807) is 11.3 Å². The molecular formula is C15H23NO2S. The molecule has 4 heteroatoms. The Labute approximate surface area is 119 Å². The van der Waals surface area contributed by atoms with Gasteiger partial charge in [0.25, 0.3) is 0 Å². The summed E-state index contributed by atoms with van der Waals surface area (Å²) in [6.45, 7) is 5.57. The highest BCUT2D eigenvalue weighted by Crippen LogP contribution is 2.35. The van der Waals surface area contributed by atoms with Crippen molar-refractivity contribution in [2.45, 2.75) is 52.1 Å². The number of aliphatic carboxylic acids is 1. The Morgan fingerprint density at radius 3 is 2.58 bits per heavy atom. The summed E-state index contributed by atoms with van der Waals surface area (Å²) < 4.78 is 0. The maximum atomic E-state index is 11.6. The largest absolute Gasteiger partial charge is 0.481 e. The fraction of sp³-hybridized carbons (Fsp3) is 0.667. The Morgan fingerprint density at radius 1 is 1.47 bits per heavy atom. The number of rotatable bonds is 8. The Morgan fingerprint density at radius 2 is 2.16 bits per heavy atom. The lowest BCUT2D eigenvalue weighted by atomic mass is 9.81. The average Bonchev–Trinajstić information content (AvgIpc) is 3.13. The molecule has 0 aliphatic heterocycles. The van der Waals surface area contributed by atoms with Gasteiger partial charge in [-0.3, -0.25) is 9.69 Å². The molecule has 3 nitrogen and oxygen atoms in total. The fourth-order valence-corrected chi connectivity index (χ4v) is 3.32. The molecule has 0 spiro atoms.